The molecule has 0 nitrogen and oxygen atoms in total. The van der Waals surface area contributed by atoms with E-state index in [1.165, 1.54) is 106 Å². The predicted octanol–water partition coefficient (Wildman–Crippen LogP) is 14.9. The first-order valence-corrected chi connectivity index (χ1v) is 18.7. The van der Waals surface area contributed by atoms with Crippen LogP contribution in [-0.4, -0.2) is 0 Å². The third-order valence-corrected chi connectivity index (χ3v) is 12.8. The van der Waals surface area contributed by atoms with Gasteiger partial charge in [-0.2, -0.15) is 0 Å². The summed E-state index contributed by atoms with van der Waals surface area (Å²) < 4.78 is 5.46. The number of benzene rings is 9. The summed E-state index contributed by atoms with van der Waals surface area (Å²) in [6, 6.07) is 63.0. The molecule has 2 heteroatoms. The summed E-state index contributed by atoms with van der Waals surface area (Å²) in [5.74, 6) is 0. The van der Waals surface area contributed by atoms with E-state index in [1.807, 2.05) is 22.7 Å². The summed E-state index contributed by atoms with van der Waals surface area (Å²) in [5, 5.41) is 13.1. The summed E-state index contributed by atoms with van der Waals surface area (Å²) in [4.78, 5) is 0. The van der Waals surface area contributed by atoms with Crippen molar-refractivity contribution >= 4 is 95.3 Å². The molecule has 0 bridgehead atoms. The molecular formula is C48H28S2. The maximum absolute atomic E-state index is 2.39. The highest BCUT2D eigenvalue weighted by atomic mass is 32.1. The van der Waals surface area contributed by atoms with E-state index in [9.17, 15) is 0 Å². The molecule has 2 aromatic heterocycles. The van der Waals surface area contributed by atoms with Gasteiger partial charge in [0, 0.05) is 40.3 Å². The topological polar surface area (TPSA) is 0 Å². The quantitative estimate of drug-likeness (QED) is 0.164. The molecular weight excluding hydrogens is 641 g/mol. The van der Waals surface area contributed by atoms with E-state index in [0.29, 0.717) is 0 Å². The molecule has 0 unspecified atom stereocenters. The van der Waals surface area contributed by atoms with E-state index in [2.05, 4.69) is 170 Å². The van der Waals surface area contributed by atoms with Crippen LogP contribution < -0.4 is 0 Å². The molecule has 0 saturated heterocycles. The molecule has 11 rings (SSSR count). The van der Waals surface area contributed by atoms with E-state index in [1.54, 1.807) is 0 Å². The van der Waals surface area contributed by atoms with Crippen molar-refractivity contribution in [1.82, 2.24) is 0 Å². The van der Waals surface area contributed by atoms with Crippen LogP contribution in [0, 0.1) is 0 Å². The molecule has 50 heavy (non-hydrogen) atoms. The van der Waals surface area contributed by atoms with Crippen molar-refractivity contribution < 1.29 is 0 Å². The fraction of sp³-hybridized carbons (Fsp3) is 0. The Labute approximate surface area is 297 Å². The third-order valence-electron chi connectivity index (χ3n) is 10.5. The summed E-state index contributed by atoms with van der Waals surface area (Å²) >= 11 is 3.82. The Bertz CT molecular complexity index is 3080. The molecule has 9 aromatic carbocycles. The van der Waals surface area contributed by atoms with Crippen LogP contribution in [0.2, 0.25) is 0 Å². The van der Waals surface area contributed by atoms with Crippen LogP contribution in [0.25, 0.3) is 106 Å². The fourth-order valence-corrected chi connectivity index (χ4v) is 10.7. The van der Waals surface area contributed by atoms with E-state index in [-0.39, 0.29) is 0 Å². The van der Waals surface area contributed by atoms with Gasteiger partial charge >= 0.3 is 0 Å². The molecule has 0 radical (unpaired) electrons. The van der Waals surface area contributed by atoms with Gasteiger partial charge in [-0.25, -0.2) is 0 Å². The van der Waals surface area contributed by atoms with Gasteiger partial charge in [0.1, 0.15) is 0 Å². The highest BCUT2D eigenvalue weighted by Crippen LogP contribution is 2.47. The maximum Gasteiger partial charge on any atom is 0.0448 e. The average Bonchev–Trinajstić information content (AvgIpc) is 3.75. The molecule has 0 atom stereocenters. The first-order chi connectivity index (χ1) is 24.8. The lowest BCUT2D eigenvalue weighted by Crippen LogP contribution is -1.91. The number of rotatable bonds is 3. The summed E-state index contributed by atoms with van der Waals surface area (Å²) in [7, 11) is 0. The lowest BCUT2D eigenvalue weighted by molar-refractivity contribution is 1.64. The van der Waals surface area contributed by atoms with Gasteiger partial charge in [-0.3, -0.25) is 0 Å². The summed E-state index contributed by atoms with van der Waals surface area (Å²) in [5.41, 5.74) is 7.60. The Balaban J connectivity index is 1.06. The molecule has 0 aliphatic heterocycles. The first kappa shape index (κ1) is 28.1. The third kappa shape index (κ3) is 4.10. The van der Waals surface area contributed by atoms with Crippen molar-refractivity contribution in [2.24, 2.45) is 0 Å². The number of hydrogen-bond donors (Lipinski definition) is 0. The monoisotopic (exact) mass is 668 g/mol. The lowest BCUT2D eigenvalue weighted by atomic mass is 9.84. The van der Waals surface area contributed by atoms with Crippen molar-refractivity contribution in [3.05, 3.63) is 170 Å². The normalized spacial score (nSPS) is 12.0. The highest BCUT2D eigenvalue weighted by Gasteiger charge is 2.18. The standard InChI is InChI=1S/C48H28S2/c1-2-12-33-30(10-1)11-9-18-35(33)46-38-16-5-3-14-36(38)45(37-15-4-6-17-39(37)46)31-22-20-29(21-23-31)32-24-25-41-44(28-32)49-43-27-26-40-34-13-7-8-19-42(34)50-48(40)47(41)43/h1-28H. The van der Waals surface area contributed by atoms with Crippen molar-refractivity contribution in [3.8, 4) is 33.4 Å². The fourth-order valence-electron chi connectivity index (χ4n) is 8.22. The molecule has 0 amide bonds. The SMILES string of the molecule is c1ccc2c(-c3c4ccccc4c(-c4ccc(-c5ccc6c(c5)sc5ccc7c8ccccc8sc7c56)cc4)c4ccccc34)cccc2c1. The van der Waals surface area contributed by atoms with Crippen LogP contribution in [0.1, 0.15) is 0 Å². The van der Waals surface area contributed by atoms with Crippen LogP contribution in [0.5, 0.6) is 0 Å². The zero-order chi connectivity index (χ0) is 32.8. The van der Waals surface area contributed by atoms with E-state index < -0.39 is 0 Å². The van der Waals surface area contributed by atoms with Crippen molar-refractivity contribution in [1.29, 1.82) is 0 Å². The largest absolute Gasteiger partial charge is 0.135 e. The lowest BCUT2D eigenvalue weighted by Gasteiger charge is -2.19. The Morgan fingerprint density at radius 1 is 0.300 bits per heavy atom. The minimum atomic E-state index is 1.24. The van der Waals surface area contributed by atoms with E-state index in [0.717, 1.165) is 0 Å². The number of fused-ring (bicyclic) bond motifs is 10. The smallest absolute Gasteiger partial charge is 0.0448 e. The highest BCUT2D eigenvalue weighted by molar-refractivity contribution is 7.29. The van der Waals surface area contributed by atoms with Crippen LogP contribution in [-0.2, 0) is 0 Å². The Morgan fingerprint density at radius 2 is 0.880 bits per heavy atom. The van der Waals surface area contributed by atoms with Crippen molar-refractivity contribution in [2.75, 3.05) is 0 Å². The van der Waals surface area contributed by atoms with Gasteiger partial charge in [0.05, 0.1) is 0 Å². The maximum atomic E-state index is 2.39. The minimum Gasteiger partial charge on any atom is -0.135 e. The Morgan fingerprint density at radius 3 is 1.64 bits per heavy atom. The second-order valence-corrected chi connectivity index (χ2v) is 15.3. The van der Waals surface area contributed by atoms with Crippen LogP contribution >= 0.6 is 22.7 Å². The van der Waals surface area contributed by atoms with Gasteiger partial charge in [-0.15, -0.1) is 22.7 Å². The van der Waals surface area contributed by atoms with E-state index in [4.69, 9.17) is 0 Å². The van der Waals surface area contributed by atoms with Gasteiger partial charge in [0.2, 0.25) is 0 Å². The Hall–Kier alpha value is -5.80. The van der Waals surface area contributed by atoms with E-state index >= 15 is 0 Å². The van der Waals surface area contributed by atoms with Gasteiger partial charge in [-0.1, -0.05) is 152 Å². The van der Waals surface area contributed by atoms with Crippen molar-refractivity contribution in [2.45, 2.75) is 0 Å². The average molecular weight is 669 g/mol. The minimum absolute atomic E-state index is 1.24. The van der Waals surface area contributed by atoms with Gasteiger partial charge in [0.25, 0.3) is 0 Å². The number of hydrogen-bond acceptors (Lipinski definition) is 2. The second kappa shape index (κ2) is 10.9. The van der Waals surface area contributed by atoms with Crippen LogP contribution in [0.15, 0.2) is 170 Å². The molecule has 0 spiro atoms. The Kier molecular flexibility index (Phi) is 6.09. The molecule has 232 valence electrons. The summed E-state index contributed by atoms with van der Waals surface area (Å²) in [6.07, 6.45) is 0. The molecule has 2 heterocycles. The zero-order valence-electron chi connectivity index (χ0n) is 27.0. The second-order valence-electron chi connectivity index (χ2n) is 13.2. The molecule has 0 N–H and O–H groups in total. The molecule has 0 fully saturated rings. The predicted molar refractivity (Wildman–Crippen MR) is 221 cm³/mol. The van der Waals surface area contributed by atoms with Crippen molar-refractivity contribution in [3.63, 3.8) is 0 Å². The number of thiophene rings is 2. The van der Waals surface area contributed by atoms with Gasteiger partial charge in [0.15, 0.2) is 0 Å². The molecule has 0 aliphatic carbocycles. The zero-order valence-corrected chi connectivity index (χ0v) is 28.6. The van der Waals surface area contributed by atoms with Crippen LogP contribution in [0.3, 0.4) is 0 Å². The van der Waals surface area contributed by atoms with Crippen LogP contribution in [0.4, 0.5) is 0 Å². The van der Waals surface area contributed by atoms with Gasteiger partial charge in [-0.05, 0) is 83.9 Å². The molecule has 11 aromatic rings. The summed E-state index contributed by atoms with van der Waals surface area (Å²) in [6.45, 7) is 0. The van der Waals surface area contributed by atoms with Gasteiger partial charge < -0.3 is 0 Å². The molecule has 0 saturated carbocycles. The first-order valence-electron chi connectivity index (χ1n) is 17.1. The molecule has 0 aliphatic rings.